The van der Waals surface area contributed by atoms with Crippen LogP contribution >= 0.6 is 0 Å². The lowest BCUT2D eigenvalue weighted by atomic mass is 9.59. The Balaban J connectivity index is 1.60. The number of nitrogens with zero attached hydrogens (tertiary/aromatic N) is 2. The minimum atomic E-state index is -1.01. The zero-order valence-electron chi connectivity index (χ0n) is 27.0. The van der Waals surface area contributed by atoms with Gasteiger partial charge in [-0.05, 0) is 88.8 Å². The van der Waals surface area contributed by atoms with Crippen LogP contribution in [-0.2, 0) is 27.3 Å². The summed E-state index contributed by atoms with van der Waals surface area (Å²) in [5.74, 6) is -4.04. The van der Waals surface area contributed by atoms with Gasteiger partial charge in [0.1, 0.15) is 30.0 Å². The molecule has 5 rings (SSSR count). The Bertz CT molecular complexity index is 1410. The monoisotopic (exact) mass is 626 g/mol. The van der Waals surface area contributed by atoms with Crippen molar-refractivity contribution in [3.05, 3.63) is 45.4 Å². The molecular formula is C33H48N5O7+. The highest BCUT2D eigenvalue weighted by molar-refractivity contribution is 6.22. The number of amides is 1. The van der Waals surface area contributed by atoms with Crippen molar-refractivity contribution in [3.8, 4) is 5.75 Å². The zero-order chi connectivity index (χ0) is 32.6. The number of ketones is 2. The summed E-state index contributed by atoms with van der Waals surface area (Å²) in [6.07, 6.45) is 3.03. The van der Waals surface area contributed by atoms with Crippen LogP contribution in [0.1, 0.15) is 40.7 Å². The molecule has 1 heterocycles. The third kappa shape index (κ3) is 6.20. The molecule has 45 heavy (non-hydrogen) atoms. The van der Waals surface area contributed by atoms with E-state index >= 15 is 0 Å². The summed E-state index contributed by atoms with van der Waals surface area (Å²) < 4.78 is 10.2. The van der Waals surface area contributed by atoms with Crippen molar-refractivity contribution < 1.29 is 34.1 Å². The Morgan fingerprint density at radius 3 is 2.51 bits per heavy atom. The van der Waals surface area contributed by atoms with Crippen LogP contribution in [-0.4, -0.2) is 106 Å². The Hall–Kier alpha value is -3.45. The lowest BCUT2D eigenvalue weighted by Crippen LogP contribution is -2.49. The van der Waals surface area contributed by atoms with Crippen LogP contribution in [0.2, 0.25) is 0 Å². The number of phenols is 1. The summed E-state index contributed by atoms with van der Waals surface area (Å²) >= 11 is 0. The normalized spacial score (nSPS) is 25.3. The number of carbonyl (C=O) groups is 3. The molecule has 12 heteroatoms. The van der Waals surface area contributed by atoms with Gasteiger partial charge >= 0.3 is 0 Å². The molecule has 1 aromatic carbocycles. The fraction of sp³-hybridized carbons (Fsp3) is 0.606. The molecule has 4 aliphatic rings. The van der Waals surface area contributed by atoms with Gasteiger partial charge in [0.15, 0.2) is 11.6 Å². The second kappa shape index (κ2) is 13.5. The highest BCUT2D eigenvalue weighted by Crippen LogP contribution is 2.53. The number of anilines is 1. The van der Waals surface area contributed by atoms with Crippen LogP contribution in [0.4, 0.5) is 5.69 Å². The van der Waals surface area contributed by atoms with E-state index in [1.54, 1.807) is 7.11 Å². The Labute approximate surface area is 264 Å². The molecule has 1 fully saturated rings. The van der Waals surface area contributed by atoms with Crippen LogP contribution in [0.5, 0.6) is 5.75 Å². The number of ether oxygens (including phenoxy) is 2. The van der Waals surface area contributed by atoms with Crippen molar-refractivity contribution >= 4 is 23.2 Å². The van der Waals surface area contributed by atoms with E-state index in [1.807, 2.05) is 44.1 Å². The third-order valence-corrected chi connectivity index (χ3v) is 9.83. The molecule has 1 amide bonds. The molecule has 0 aromatic heterocycles. The fourth-order valence-corrected chi connectivity index (χ4v) is 7.79. The Morgan fingerprint density at radius 2 is 1.89 bits per heavy atom. The summed E-state index contributed by atoms with van der Waals surface area (Å²) in [5, 5.41) is 29.7. The van der Waals surface area contributed by atoms with Gasteiger partial charge in [-0.15, -0.1) is 0 Å². The molecule has 0 saturated carbocycles. The summed E-state index contributed by atoms with van der Waals surface area (Å²) in [5.41, 5.74) is 7.96. The summed E-state index contributed by atoms with van der Waals surface area (Å²) in [7, 11) is 9.11. The minimum Gasteiger partial charge on any atom is -0.511 e. The molecule has 0 spiro atoms. The first-order valence-corrected chi connectivity index (χ1v) is 15.8. The maximum absolute atomic E-state index is 14.6. The summed E-state index contributed by atoms with van der Waals surface area (Å²) in [4.78, 5) is 44.8. The minimum absolute atomic E-state index is 0.0677. The lowest BCUT2D eigenvalue weighted by Gasteiger charge is -2.46. The number of hydrogen-bond acceptors (Lipinski definition) is 10. The van der Waals surface area contributed by atoms with Crippen LogP contribution in [0, 0.1) is 29.6 Å². The Morgan fingerprint density at radius 1 is 1.18 bits per heavy atom. The number of allylic oxidation sites excluding steroid dienone is 2. The number of aromatic hydroxyl groups is 1. The number of benzene rings is 1. The van der Waals surface area contributed by atoms with E-state index in [1.165, 1.54) is 0 Å². The molecule has 3 unspecified atom stereocenters. The van der Waals surface area contributed by atoms with E-state index in [0.717, 1.165) is 43.7 Å². The number of primary amides is 1. The molecule has 0 bridgehead atoms. The number of nitrogens with one attached hydrogen (secondary N) is 2. The standard InChI is InChI=1S/C33H47N5O7/c1-37(2)15-22-20-10-18-11-21-23(38(3)4)12-19(14-36-13-17-6-8-35-9-7-17)28(39)25(21)30(41)24(18)32(45-16-44-5)26(20)31(42)27(29(22)40)33(34)43/h12,17-18,20,22,26,35-36,39-40H,6-11,13-16H2,1-5H3,(H2,34,43)/p+1/t18?,20?,22-,26?/m1/s1. The maximum Gasteiger partial charge on any atom is 0.294 e. The number of nitrogens with two attached hydrogens (primary N) is 1. The average molecular weight is 627 g/mol. The zero-order valence-corrected chi connectivity index (χ0v) is 27.0. The number of aliphatic hydroxyl groups is 3. The highest BCUT2D eigenvalue weighted by atomic mass is 16.7. The summed E-state index contributed by atoms with van der Waals surface area (Å²) in [6, 6.07) is 1.96. The van der Waals surface area contributed by atoms with E-state index < -0.39 is 35.0 Å². The van der Waals surface area contributed by atoms with Crippen molar-refractivity contribution in [2.45, 2.75) is 32.2 Å². The topological polar surface area (TPSA) is 170 Å². The number of piperidine rings is 1. The molecule has 1 aliphatic heterocycles. The van der Waals surface area contributed by atoms with Crippen molar-refractivity contribution in [3.63, 3.8) is 0 Å². The van der Waals surface area contributed by atoms with Gasteiger partial charge in [0.2, 0.25) is 0 Å². The molecular weight excluding hydrogens is 578 g/mol. The maximum atomic E-state index is 14.6. The third-order valence-electron chi connectivity index (χ3n) is 9.83. The number of hydrogen-bond donors (Lipinski definition) is 5. The number of fused-ring (bicyclic) bond motifs is 3. The fourth-order valence-electron chi connectivity index (χ4n) is 7.79. The van der Waals surface area contributed by atoms with Gasteiger partial charge in [-0.25, -0.2) is 0 Å². The average Bonchev–Trinajstić information content (AvgIpc) is 2.98. The van der Waals surface area contributed by atoms with Gasteiger partial charge < -0.3 is 45.9 Å². The largest absolute Gasteiger partial charge is 0.511 e. The quantitative estimate of drug-likeness (QED) is 0.136. The predicted molar refractivity (Wildman–Crippen MR) is 170 cm³/mol. The van der Waals surface area contributed by atoms with Crippen LogP contribution in [0.25, 0.3) is 0 Å². The second-order valence-corrected chi connectivity index (χ2v) is 13.3. The van der Waals surface area contributed by atoms with Gasteiger partial charge in [-0.3, -0.25) is 14.4 Å². The van der Waals surface area contributed by atoms with E-state index in [-0.39, 0.29) is 41.3 Å². The first kappa shape index (κ1) is 32.9. The van der Waals surface area contributed by atoms with E-state index in [4.69, 9.17) is 10.5 Å². The number of carbonyl (C=O) groups excluding carboxylic acids is 3. The molecule has 4 atom stereocenters. The summed E-state index contributed by atoms with van der Waals surface area (Å²) in [6.45, 7) is 3.48. The first-order valence-electron chi connectivity index (χ1n) is 15.8. The molecule has 12 nitrogen and oxygen atoms in total. The van der Waals surface area contributed by atoms with Crippen LogP contribution in [0.3, 0.4) is 0 Å². The van der Waals surface area contributed by atoms with Gasteiger partial charge in [0, 0.05) is 49.9 Å². The number of aliphatic hydroxyl groups excluding tert-OH is 1. The van der Waals surface area contributed by atoms with E-state index in [0.29, 0.717) is 43.0 Å². The van der Waals surface area contributed by atoms with Crippen molar-refractivity contribution in [1.82, 2.24) is 15.5 Å². The molecule has 246 valence electrons. The molecule has 7 N–H and O–H groups in total. The number of phenolic OH excluding ortho intramolecular Hbond substituents is 1. The van der Waals surface area contributed by atoms with Crippen molar-refractivity contribution in [2.24, 2.45) is 35.3 Å². The molecule has 0 radical (unpaired) electrons. The smallest absolute Gasteiger partial charge is 0.294 e. The van der Waals surface area contributed by atoms with E-state index in [2.05, 4.69) is 15.4 Å². The highest BCUT2D eigenvalue weighted by Gasteiger charge is 2.55. The number of Topliss-reactive ketones (excluding diaryl/α,β-unsaturated/α-hetero) is 2. The van der Waals surface area contributed by atoms with Crippen molar-refractivity contribution in [1.29, 1.82) is 0 Å². The molecule has 3 aliphatic carbocycles. The Kier molecular flexibility index (Phi) is 9.88. The molecule has 1 aromatic rings. The number of rotatable bonds is 11. The van der Waals surface area contributed by atoms with Gasteiger partial charge in [-0.2, -0.15) is 0 Å². The lowest BCUT2D eigenvalue weighted by molar-refractivity contribution is -0.136. The first-order chi connectivity index (χ1) is 21.5. The van der Waals surface area contributed by atoms with E-state index in [9.17, 15) is 24.6 Å². The molecule has 1 saturated heterocycles. The second-order valence-electron chi connectivity index (χ2n) is 13.3. The van der Waals surface area contributed by atoms with Crippen LogP contribution < -0.4 is 21.3 Å². The SMILES string of the molecule is C[OH+]COC1=C2C(=O)c3c(O)c(CNCC4CCNCC4)cc(N(C)C)c3CC2CC2C1C(=O)C(C(N)=O)=C(O)[C@@H]2CN(C)C. The van der Waals surface area contributed by atoms with Gasteiger partial charge in [0.05, 0.1) is 11.5 Å². The van der Waals surface area contributed by atoms with Gasteiger partial charge in [0.25, 0.3) is 12.7 Å². The predicted octanol–water partition coefficient (Wildman–Crippen LogP) is 0.982. The van der Waals surface area contributed by atoms with Crippen molar-refractivity contribution in [2.75, 3.05) is 73.2 Å². The van der Waals surface area contributed by atoms with Gasteiger partial charge in [-0.1, -0.05) is 0 Å². The van der Waals surface area contributed by atoms with Crippen LogP contribution in [0.15, 0.2) is 28.7 Å².